The molecule has 0 saturated carbocycles. The van der Waals surface area contributed by atoms with E-state index in [0.29, 0.717) is 0 Å². The molecule has 1 rings (SSSR count). The maximum Gasteiger partial charge on any atom is 0.214 e. The van der Waals surface area contributed by atoms with Gasteiger partial charge in [0, 0.05) is 0 Å². The standard InChI is InChI=1S/C6H3Br3F3N3/c7-1(10)4-13-5(2(8)11)15-6(14-4)3(9)12/h1-3H/t1-,2-,3-/m1/s1. The van der Waals surface area contributed by atoms with Crippen LogP contribution in [0.15, 0.2) is 0 Å². The van der Waals surface area contributed by atoms with Crippen molar-refractivity contribution in [3.63, 3.8) is 0 Å². The van der Waals surface area contributed by atoms with Gasteiger partial charge in [0.05, 0.1) is 0 Å². The second kappa shape index (κ2) is 5.53. The molecule has 0 N–H and O–H groups in total. The molecule has 0 bridgehead atoms. The smallest absolute Gasteiger partial charge is 0.214 e. The van der Waals surface area contributed by atoms with E-state index < -0.39 is 15.2 Å². The molecule has 0 saturated heterocycles. The monoisotopic (exact) mass is 411 g/mol. The van der Waals surface area contributed by atoms with E-state index in [1.807, 2.05) is 0 Å². The molecule has 3 nitrogen and oxygen atoms in total. The molecule has 0 aliphatic rings. The van der Waals surface area contributed by atoms with E-state index in [4.69, 9.17) is 0 Å². The number of halogens is 6. The van der Waals surface area contributed by atoms with Crippen LogP contribution in [0.4, 0.5) is 13.2 Å². The minimum Gasteiger partial charge on any atom is -0.226 e. The third-order valence-electron chi connectivity index (χ3n) is 1.27. The van der Waals surface area contributed by atoms with Crippen LogP contribution in [0.2, 0.25) is 0 Å². The van der Waals surface area contributed by atoms with Gasteiger partial charge < -0.3 is 0 Å². The molecular formula is C6H3Br3F3N3. The fraction of sp³-hybridized carbons (Fsp3) is 0.500. The van der Waals surface area contributed by atoms with Crippen LogP contribution >= 0.6 is 47.8 Å². The van der Waals surface area contributed by atoms with E-state index >= 15 is 0 Å². The maximum absolute atomic E-state index is 12.8. The van der Waals surface area contributed by atoms with Crippen molar-refractivity contribution in [2.45, 2.75) is 15.2 Å². The average molecular weight is 414 g/mol. The zero-order valence-corrected chi connectivity index (χ0v) is 11.6. The molecule has 0 radical (unpaired) electrons. The Morgan fingerprint density at radius 1 is 0.667 bits per heavy atom. The lowest BCUT2D eigenvalue weighted by Gasteiger charge is -2.06. The predicted molar refractivity (Wildman–Crippen MR) is 58.2 cm³/mol. The van der Waals surface area contributed by atoms with Crippen LogP contribution in [0.1, 0.15) is 32.7 Å². The Morgan fingerprint density at radius 2 is 0.867 bits per heavy atom. The van der Waals surface area contributed by atoms with Crippen LogP contribution in [0.25, 0.3) is 0 Å². The molecule has 0 unspecified atom stereocenters. The van der Waals surface area contributed by atoms with Gasteiger partial charge in [-0.25, -0.2) is 28.1 Å². The van der Waals surface area contributed by atoms with Gasteiger partial charge in [0.15, 0.2) is 17.5 Å². The second-order valence-corrected chi connectivity index (χ2v) is 4.72. The van der Waals surface area contributed by atoms with Gasteiger partial charge in [0.25, 0.3) is 0 Å². The minimum absolute atomic E-state index is 0.376. The van der Waals surface area contributed by atoms with Crippen molar-refractivity contribution in [2.75, 3.05) is 0 Å². The zero-order valence-electron chi connectivity index (χ0n) is 6.84. The van der Waals surface area contributed by atoms with E-state index in [2.05, 4.69) is 62.7 Å². The number of hydrogen-bond donors (Lipinski definition) is 0. The Labute approximate surface area is 108 Å². The van der Waals surface area contributed by atoms with Crippen molar-refractivity contribution >= 4 is 47.8 Å². The third kappa shape index (κ3) is 3.63. The second-order valence-electron chi connectivity index (χ2n) is 2.31. The van der Waals surface area contributed by atoms with Crippen LogP contribution in [0, 0.1) is 0 Å². The topological polar surface area (TPSA) is 38.7 Å². The summed E-state index contributed by atoms with van der Waals surface area (Å²) in [6, 6.07) is 0. The Hall–Kier alpha value is 0.240. The molecule has 1 heterocycles. The Kier molecular flexibility index (Phi) is 4.91. The molecule has 1 aromatic rings. The van der Waals surface area contributed by atoms with E-state index in [9.17, 15) is 13.2 Å². The highest BCUT2D eigenvalue weighted by Crippen LogP contribution is 2.28. The summed E-state index contributed by atoms with van der Waals surface area (Å²) < 4.78 is 38.4. The molecule has 0 aliphatic heterocycles. The van der Waals surface area contributed by atoms with Gasteiger partial charge in [0.2, 0.25) is 15.2 Å². The largest absolute Gasteiger partial charge is 0.226 e. The summed E-state index contributed by atoms with van der Waals surface area (Å²) in [4.78, 5) is 10.4. The van der Waals surface area contributed by atoms with Gasteiger partial charge in [-0.2, -0.15) is 0 Å². The number of nitrogens with zero attached hydrogens (tertiary/aromatic N) is 3. The molecule has 15 heavy (non-hydrogen) atoms. The molecule has 0 aromatic carbocycles. The lowest BCUT2D eigenvalue weighted by atomic mass is 10.5. The van der Waals surface area contributed by atoms with Gasteiger partial charge in [-0.15, -0.1) is 0 Å². The van der Waals surface area contributed by atoms with Crippen LogP contribution < -0.4 is 0 Å². The first-order valence-corrected chi connectivity index (χ1v) is 6.26. The highest BCUT2D eigenvalue weighted by atomic mass is 79.9. The summed E-state index contributed by atoms with van der Waals surface area (Å²) in [6.45, 7) is 0. The fourth-order valence-corrected chi connectivity index (χ4v) is 1.33. The molecule has 0 aliphatic carbocycles. The highest BCUT2D eigenvalue weighted by Gasteiger charge is 2.20. The van der Waals surface area contributed by atoms with Crippen LogP contribution in [0.3, 0.4) is 0 Å². The Balaban J connectivity index is 3.20. The molecule has 0 fully saturated rings. The summed E-state index contributed by atoms with van der Waals surface area (Å²) in [5, 5.41) is -5.10. The van der Waals surface area contributed by atoms with E-state index in [0.717, 1.165) is 0 Å². The number of aromatic nitrogens is 3. The van der Waals surface area contributed by atoms with Gasteiger partial charge in [0.1, 0.15) is 0 Å². The molecule has 9 heteroatoms. The Morgan fingerprint density at radius 3 is 1.00 bits per heavy atom. The van der Waals surface area contributed by atoms with Crippen LogP contribution in [-0.2, 0) is 0 Å². The summed E-state index contributed by atoms with van der Waals surface area (Å²) in [5.74, 6) is -1.13. The molecule has 0 amide bonds. The van der Waals surface area contributed by atoms with Gasteiger partial charge in [-0.05, 0) is 47.8 Å². The average Bonchev–Trinajstić information content (AvgIpc) is 2.16. The molecular weight excluding hydrogens is 411 g/mol. The Bertz CT molecular complexity index is 283. The number of hydrogen-bond acceptors (Lipinski definition) is 3. The summed E-state index contributed by atoms with van der Waals surface area (Å²) in [7, 11) is 0. The van der Waals surface area contributed by atoms with Crippen molar-refractivity contribution in [3.8, 4) is 0 Å². The van der Waals surface area contributed by atoms with E-state index in [1.165, 1.54) is 0 Å². The minimum atomic E-state index is -1.70. The quantitative estimate of drug-likeness (QED) is 0.704. The van der Waals surface area contributed by atoms with Crippen molar-refractivity contribution in [3.05, 3.63) is 17.5 Å². The number of alkyl halides is 6. The zero-order chi connectivity index (χ0) is 11.6. The first-order chi connectivity index (χ1) is 6.91. The predicted octanol–water partition coefficient (Wildman–Crippen LogP) is 3.96. The van der Waals surface area contributed by atoms with Crippen LogP contribution in [-0.4, -0.2) is 15.0 Å². The van der Waals surface area contributed by atoms with E-state index in [-0.39, 0.29) is 17.5 Å². The molecule has 1 aromatic heterocycles. The molecule has 84 valence electrons. The first-order valence-electron chi connectivity index (χ1n) is 3.52. The lowest BCUT2D eigenvalue weighted by Crippen LogP contribution is -2.07. The summed E-state index contributed by atoms with van der Waals surface area (Å²) in [6.07, 6.45) is 0. The molecule has 0 spiro atoms. The van der Waals surface area contributed by atoms with Gasteiger partial charge in [-0.1, -0.05) is 0 Å². The third-order valence-corrected chi connectivity index (χ3v) is 2.50. The highest BCUT2D eigenvalue weighted by molar-refractivity contribution is 9.09. The SMILES string of the molecule is F[C@@H](Br)c1nc([C@@H](F)Br)nc([C@@H](F)Br)n1. The summed E-state index contributed by atoms with van der Waals surface area (Å²) in [5.41, 5.74) is 0. The fourth-order valence-electron chi connectivity index (χ4n) is 0.720. The lowest BCUT2D eigenvalue weighted by molar-refractivity contribution is 0.411. The first kappa shape index (κ1) is 13.3. The van der Waals surface area contributed by atoms with Gasteiger partial charge >= 0.3 is 0 Å². The van der Waals surface area contributed by atoms with Crippen molar-refractivity contribution in [2.24, 2.45) is 0 Å². The van der Waals surface area contributed by atoms with Crippen molar-refractivity contribution < 1.29 is 13.2 Å². The van der Waals surface area contributed by atoms with Gasteiger partial charge in [-0.3, -0.25) is 0 Å². The van der Waals surface area contributed by atoms with E-state index in [1.54, 1.807) is 0 Å². The molecule has 3 atom stereocenters. The summed E-state index contributed by atoms with van der Waals surface area (Å²) >= 11 is 7.66. The number of rotatable bonds is 3. The maximum atomic E-state index is 12.8. The van der Waals surface area contributed by atoms with Crippen LogP contribution in [0.5, 0.6) is 0 Å². The van der Waals surface area contributed by atoms with Crippen molar-refractivity contribution in [1.82, 2.24) is 15.0 Å². The van der Waals surface area contributed by atoms with Crippen molar-refractivity contribution in [1.29, 1.82) is 0 Å². The normalized spacial score (nSPS) is 17.2.